The maximum Gasteiger partial charge on any atom is 0.333 e. The van der Waals surface area contributed by atoms with Crippen molar-refractivity contribution in [1.29, 1.82) is 0 Å². The molecule has 2 N–H and O–H groups in total. The van der Waals surface area contributed by atoms with E-state index in [2.05, 4.69) is 4.18 Å². The minimum Gasteiger partial charge on any atom is -0.450 e. The summed E-state index contributed by atoms with van der Waals surface area (Å²) in [6.45, 7) is 3.37. The fourth-order valence-electron chi connectivity index (χ4n) is 2.21. The standard InChI is InChI=1S/C14H17Cl2NO5S/c1-3-14(4-2)21-11(8-20-23(17,18)19)13(22-14)12-9(15)6-5-7-10(12)16/h5-7H,3-4,8H2,1-2H3,(H2,17,18,19). The van der Waals surface area contributed by atoms with Gasteiger partial charge in [0.15, 0.2) is 11.5 Å². The molecule has 9 heteroatoms. The highest BCUT2D eigenvalue weighted by atomic mass is 35.5. The average molecular weight is 382 g/mol. The van der Waals surface area contributed by atoms with Gasteiger partial charge < -0.3 is 9.47 Å². The molecule has 1 aromatic carbocycles. The van der Waals surface area contributed by atoms with Gasteiger partial charge in [0.1, 0.15) is 6.61 Å². The lowest BCUT2D eigenvalue weighted by Gasteiger charge is -2.26. The first-order chi connectivity index (χ1) is 10.7. The van der Waals surface area contributed by atoms with Gasteiger partial charge in [0.2, 0.25) is 0 Å². The van der Waals surface area contributed by atoms with Crippen molar-refractivity contribution in [3.05, 3.63) is 39.6 Å². The van der Waals surface area contributed by atoms with Crippen LogP contribution < -0.4 is 5.14 Å². The second kappa shape index (κ2) is 6.86. The normalized spacial score (nSPS) is 17.1. The second-order valence-electron chi connectivity index (χ2n) is 4.93. The summed E-state index contributed by atoms with van der Waals surface area (Å²) in [7, 11) is -4.12. The van der Waals surface area contributed by atoms with E-state index < -0.39 is 22.7 Å². The number of benzene rings is 1. The number of hydrogen-bond donors (Lipinski definition) is 1. The zero-order valence-corrected chi connectivity index (χ0v) is 15.0. The van der Waals surface area contributed by atoms with E-state index in [1.165, 1.54) is 0 Å². The molecule has 0 bridgehead atoms. The molecule has 0 saturated carbocycles. The van der Waals surface area contributed by atoms with Gasteiger partial charge in [-0.05, 0) is 12.1 Å². The van der Waals surface area contributed by atoms with E-state index in [0.29, 0.717) is 28.5 Å². The van der Waals surface area contributed by atoms with Crippen molar-refractivity contribution >= 4 is 39.3 Å². The third-order valence-corrected chi connectivity index (χ3v) is 4.55. The average Bonchev–Trinajstić information content (AvgIpc) is 2.84. The molecule has 0 aromatic heterocycles. The lowest BCUT2D eigenvalue weighted by atomic mass is 10.1. The van der Waals surface area contributed by atoms with Crippen LogP contribution in [-0.4, -0.2) is 20.8 Å². The summed E-state index contributed by atoms with van der Waals surface area (Å²) in [6.07, 6.45) is 1.07. The van der Waals surface area contributed by atoms with Crippen LogP contribution in [0.1, 0.15) is 32.3 Å². The fourth-order valence-corrected chi connectivity index (χ4v) is 3.05. The van der Waals surface area contributed by atoms with Crippen molar-refractivity contribution in [2.24, 2.45) is 5.14 Å². The van der Waals surface area contributed by atoms with E-state index in [1.807, 2.05) is 13.8 Å². The third kappa shape index (κ3) is 4.10. The molecular formula is C14H17Cl2NO5S. The predicted octanol–water partition coefficient (Wildman–Crippen LogP) is 3.45. The summed E-state index contributed by atoms with van der Waals surface area (Å²) >= 11 is 12.4. The van der Waals surface area contributed by atoms with Crippen LogP contribution in [-0.2, 0) is 24.0 Å². The number of rotatable bonds is 6. The minimum absolute atomic E-state index is 0.178. The van der Waals surface area contributed by atoms with Gasteiger partial charge in [-0.25, -0.2) is 9.32 Å². The van der Waals surface area contributed by atoms with Crippen molar-refractivity contribution in [1.82, 2.24) is 0 Å². The van der Waals surface area contributed by atoms with Crippen LogP contribution in [0.5, 0.6) is 0 Å². The van der Waals surface area contributed by atoms with E-state index in [4.69, 9.17) is 37.8 Å². The van der Waals surface area contributed by atoms with Gasteiger partial charge in [-0.15, -0.1) is 0 Å². The van der Waals surface area contributed by atoms with E-state index in [1.54, 1.807) is 18.2 Å². The van der Waals surface area contributed by atoms with E-state index in [9.17, 15) is 8.42 Å². The first kappa shape index (κ1) is 18.4. The second-order valence-corrected chi connectivity index (χ2v) is 6.96. The number of ether oxygens (including phenoxy) is 2. The molecular weight excluding hydrogens is 365 g/mol. The fraction of sp³-hybridized carbons (Fsp3) is 0.429. The van der Waals surface area contributed by atoms with Crippen LogP contribution >= 0.6 is 23.2 Å². The van der Waals surface area contributed by atoms with Crippen LogP contribution in [0.4, 0.5) is 0 Å². The summed E-state index contributed by atoms with van der Waals surface area (Å²) in [5.41, 5.74) is 0.424. The number of nitrogens with two attached hydrogens (primary N) is 1. The lowest BCUT2D eigenvalue weighted by molar-refractivity contribution is -0.148. The Kier molecular flexibility index (Phi) is 5.48. The molecule has 2 rings (SSSR count). The molecule has 0 amide bonds. The summed E-state index contributed by atoms with van der Waals surface area (Å²) in [4.78, 5) is 0. The molecule has 1 heterocycles. The first-order valence-electron chi connectivity index (χ1n) is 6.94. The van der Waals surface area contributed by atoms with Gasteiger partial charge in [0, 0.05) is 12.8 Å². The van der Waals surface area contributed by atoms with Gasteiger partial charge in [0.25, 0.3) is 5.79 Å². The molecule has 0 saturated heterocycles. The van der Waals surface area contributed by atoms with Crippen molar-refractivity contribution in [3.8, 4) is 0 Å². The van der Waals surface area contributed by atoms with Gasteiger partial charge in [-0.2, -0.15) is 8.42 Å². The predicted molar refractivity (Wildman–Crippen MR) is 87.9 cm³/mol. The van der Waals surface area contributed by atoms with Gasteiger partial charge in [-0.3, -0.25) is 0 Å². The molecule has 0 fully saturated rings. The Morgan fingerprint density at radius 2 is 1.74 bits per heavy atom. The molecule has 1 aliphatic rings. The Morgan fingerprint density at radius 1 is 1.17 bits per heavy atom. The van der Waals surface area contributed by atoms with Crippen LogP contribution in [0.3, 0.4) is 0 Å². The molecule has 6 nitrogen and oxygen atoms in total. The quantitative estimate of drug-likeness (QED) is 0.814. The molecule has 23 heavy (non-hydrogen) atoms. The zero-order chi connectivity index (χ0) is 17.3. The summed E-state index contributed by atoms with van der Waals surface area (Å²) in [5, 5.41) is 5.58. The van der Waals surface area contributed by atoms with Crippen molar-refractivity contribution in [3.63, 3.8) is 0 Å². The van der Waals surface area contributed by atoms with Crippen LogP contribution in [0.25, 0.3) is 5.76 Å². The molecule has 128 valence electrons. The van der Waals surface area contributed by atoms with Gasteiger partial charge in [-0.1, -0.05) is 43.1 Å². The van der Waals surface area contributed by atoms with Crippen molar-refractivity contribution in [2.45, 2.75) is 32.5 Å². The van der Waals surface area contributed by atoms with Crippen LogP contribution in [0, 0.1) is 0 Å². The molecule has 1 aliphatic heterocycles. The highest BCUT2D eigenvalue weighted by molar-refractivity contribution is 7.84. The number of halogens is 2. The maximum absolute atomic E-state index is 11.0. The summed E-state index contributed by atoms with van der Waals surface area (Å²) in [5.74, 6) is -0.486. The molecule has 0 spiro atoms. The van der Waals surface area contributed by atoms with Crippen LogP contribution in [0.2, 0.25) is 10.0 Å². The molecule has 1 aromatic rings. The van der Waals surface area contributed by atoms with E-state index >= 15 is 0 Å². The van der Waals surface area contributed by atoms with Crippen LogP contribution in [0.15, 0.2) is 24.0 Å². The monoisotopic (exact) mass is 381 g/mol. The Bertz CT molecular complexity index is 708. The zero-order valence-electron chi connectivity index (χ0n) is 12.6. The largest absolute Gasteiger partial charge is 0.450 e. The maximum atomic E-state index is 11.0. The molecule has 0 unspecified atom stereocenters. The van der Waals surface area contributed by atoms with E-state index in [-0.39, 0.29) is 11.5 Å². The smallest absolute Gasteiger partial charge is 0.333 e. The first-order valence-corrected chi connectivity index (χ1v) is 9.17. The topological polar surface area (TPSA) is 87.9 Å². The summed E-state index contributed by atoms with van der Waals surface area (Å²) < 4.78 is 38.5. The Balaban J connectivity index is 2.47. The van der Waals surface area contributed by atoms with Crippen molar-refractivity contribution < 1.29 is 22.1 Å². The molecule has 0 aliphatic carbocycles. The highest BCUT2D eigenvalue weighted by Gasteiger charge is 2.41. The molecule has 0 radical (unpaired) electrons. The highest BCUT2D eigenvalue weighted by Crippen LogP contribution is 2.44. The summed E-state index contributed by atoms with van der Waals surface area (Å²) in [6, 6.07) is 4.99. The van der Waals surface area contributed by atoms with E-state index in [0.717, 1.165) is 0 Å². The van der Waals surface area contributed by atoms with Gasteiger partial charge in [0.05, 0.1) is 15.6 Å². The number of hydrogen-bond acceptors (Lipinski definition) is 5. The SMILES string of the molecule is CCC1(CC)OC(COS(N)(=O)=O)=C(c2c(Cl)cccc2Cl)O1. The Labute approximate surface area is 145 Å². The molecule has 0 atom stereocenters. The van der Waals surface area contributed by atoms with Crippen molar-refractivity contribution in [2.75, 3.05) is 6.61 Å². The Hall–Kier alpha value is -0.990. The lowest BCUT2D eigenvalue weighted by Crippen LogP contribution is -2.29. The van der Waals surface area contributed by atoms with Gasteiger partial charge >= 0.3 is 10.3 Å². The minimum atomic E-state index is -4.12. The third-order valence-electron chi connectivity index (χ3n) is 3.47. The Morgan fingerprint density at radius 3 is 2.22 bits per heavy atom.